The molecule has 1 saturated heterocycles. The second-order valence-corrected chi connectivity index (χ2v) is 5.51. The van der Waals surface area contributed by atoms with Gasteiger partial charge in [-0.1, -0.05) is 13.0 Å². The summed E-state index contributed by atoms with van der Waals surface area (Å²) in [5.41, 5.74) is -2.56. The first-order valence-electron chi connectivity index (χ1n) is 7.37. The highest BCUT2D eigenvalue weighted by molar-refractivity contribution is 5.37. The molecular formula is C15H18F6N2. The topological polar surface area (TPSA) is 15.3 Å². The van der Waals surface area contributed by atoms with Crippen molar-refractivity contribution in [2.75, 3.05) is 26.2 Å². The molecule has 0 radical (unpaired) electrons. The molecule has 0 saturated carbocycles. The van der Waals surface area contributed by atoms with Crippen LogP contribution in [0.2, 0.25) is 0 Å². The summed E-state index contributed by atoms with van der Waals surface area (Å²) >= 11 is 0. The molecule has 8 heteroatoms. The molecule has 0 aromatic heterocycles. The Labute approximate surface area is 130 Å². The number of hydrogen-bond acceptors (Lipinski definition) is 2. The standard InChI is InChI=1S/C15H18F6N2/c1-2-13(23-7-5-22-6-8-23)11-4-3-10(14(16,17)18)9-12(11)15(19,20)21/h3-4,9,13,22H,2,5-8H2,1H3/t13-/m1/s1. The van der Waals surface area contributed by atoms with Crippen LogP contribution in [0.5, 0.6) is 0 Å². The number of hydrogen-bond donors (Lipinski definition) is 1. The third-order valence-corrected chi connectivity index (χ3v) is 4.02. The van der Waals surface area contributed by atoms with Crippen molar-refractivity contribution in [2.45, 2.75) is 31.7 Å². The van der Waals surface area contributed by atoms with Crippen LogP contribution in [-0.2, 0) is 12.4 Å². The van der Waals surface area contributed by atoms with Crippen LogP contribution in [0.4, 0.5) is 26.3 Å². The summed E-state index contributed by atoms with van der Waals surface area (Å²) in [4.78, 5) is 1.88. The zero-order valence-corrected chi connectivity index (χ0v) is 12.6. The van der Waals surface area contributed by atoms with E-state index in [0.717, 1.165) is 12.1 Å². The lowest BCUT2D eigenvalue weighted by molar-refractivity contribution is -0.143. The molecule has 1 aromatic rings. The fourth-order valence-electron chi connectivity index (χ4n) is 2.94. The van der Waals surface area contributed by atoms with Gasteiger partial charge in [-0.3, -0.25) is 4.90 Å². The van der Waals surface area contributed by atoms with Crippen molar-refractivity contribution in [3.05, 3.63) is 34.9 Å². The van der Waals surface area contributed by atoms with Gasteiger partial charge in [-0.25, -0.2) is 0 Å². The quantitative estimate of drug-likeness (QED) is 0.834. The van der Waals surface area contributed by atoms with E-state index in [9.17, 15) is 26.3 Å². The summed E-state index contributed by atoms with van der Waals surface area (Å²) < 4.78 is 78.1. The second-order valence-electron chi connectivity index (χ2n) is 5.51. The molecule has 2 rings (SSSR count). The Balaban J connectivity index is 2.47. The zero-order chi connectivity index (χ0) is 17.3. The first kappa shape index (κ1) is 18.1. The Bertz CT molecular complexity index is 532. The molecule has 1 aromatic carbocycles. The van der Waals surface area contributed by atoms with Crippen molar-refractivity contribution in [1.82, 2.24) is 10.2 Å². The van der Waals surface area contributed by atoms with E-state index in [1.165, 1.54) is 0 Å². The Kier molecular flexibility index (Phi) is 5.25. The number of nitrogens with zero attached hydrogens (tertiary/aromatic N) is 1. The third-order valence-electron chi connectivity index (χ3n) is 4.02. The third kappa shape index (κ3) is 4.17. The van der Waals surface area contributed by atoms with Crippen molar-refractivity contribution in [3.8, 4) is 0 Å². The van der Waals surface area contributed by atoms with Crippen LogP contribution in [0.1, 0.15) is 36.1 Å². The van der Waals surface area contributed by atoms with Crippen LogP contribution < -0.4 is 5.32 Å². The molecule has 23 heavy (non-hydrogen) atoms. The fourth-order valence-corrected chi connectivity index (χ4v) is 2.94. The van der Waals surface area contributed by atoms with E-state index in [1.54, 1.807) is 6.92 Å². The lowest BCUT2D eigenvalue weighted by Crippen LogP contribution is -2.45. The summed E-state index contributed by atoms with van der Waals surface area (Å²) in [6, 6.07) is 1.38. The van der Waals surface area contributed by atoms with Gasteiger partial charge in [-0.15, -0.1) is 0 Å². The van der Waals surface area contributed by atoms with Crippen LogP contribution in [0.3, 0.4) is 0 Å². The number of nitrogens with one attached hydrogen (secondary N) is 1. The minimum atomic E-state index is -4.82. The lowest BCUT2D eigenvalue weighted by atomic mass is 9.94. The second kappa shape index (κ2) is 6.68. The number of alkyl halides is 6. The first-order valence-corrected chi connectivity index (χ1v) is 7.37. The largest absolute Gasteiger partial charge is 0.416 e. The van der Waals surface area contributed by atoms with Gasteiger partial charge >= 0.3 is 12.4 Å². The average molecular weight is 340 g/mol. The van der Waals surface area contributed by atoms with E-state index in [2.05, 4.69) is 5.32 Å². The van der Waals surface area contributed by atoms with Crippen LogP contribution in [0.25, 0.3) is 0 Å². The van der Waals surface area contributed by atoms with Gasteiger partial charge in [0.1, 0.15) is 0 Å². The molecule has 0 aliphatic carbocycles. The van der Waals surface area contributed by atoms with Crippen LogP contribution >= 0.6 is 0 Å². The molecule has 0 amide bonds. The van der Waals surface area contributed by atoms with Gasteiger partial charge in [0.2, 0.25) is 0 Å². The number of piperazine rings is 1. The monoisotopic (exact) mass is 340 g/mol. The van der Waals surface area contributed by atoms with E-state index in [1.807, 2.05) is 4.90 Å². The molecule has 1 aliphatic rings. The SMILES string of the molecule is CC[C@H](c1ccc(C(F)(F)F)cc1C(F)(F)F)N1CCNCC1. The Hall–Kier alpha value is -1.28. The van der Waals surface area contributed by atoms with Crippen molar-refractivity contribution < 1.29 is 26.3 Å². The van der Waals surface area contributed by atoms with E-state index in [4.69, 9.17) is 0 Å². The normalized spacial score (nSPS) is 18.9. The van der Waals surface area contributed by atoms with E-state index in [0.29, 0.717) is 32.6 Å². The highest BCUT2D eigenvalue weighted by Gasteiger charge is 2.40. The molecule has 0 spiro atoms. The summed E-state index contributed by atoms with van der Waals surface area (Å²) in [6.45, 7) is 4.18. The number of benzene rings is 1. The molecule has 1 heterocycles. The first-order chi connectivity index (χ1) is 10.6. The van der Waals surface area contributed by atoms with Gasteiger partial charge in [0, 0.05) is 32.2 Å². The summed E-state index contributed by atoms with van der Waals surface area (Å²) in [5, 5.41) is 3.11. The van der Waals surface area contributed by atoms with Crippen LogP contribution in [0, 0.1) is 0 Å². The highest BCUT2D eigenvalue weighted by Crippen LogP contribution is 2.41. The molecule has 0 bridgehead atoms. The molecular weight excluding hydrogens is 322 g/mol. The van der Waals surface area contributed by atoms with E-state index >= 15 is 0 Å². The Morgan fingerprint density at radius 2 is 1.65 bits per heavy atom. The van der Waals surface area contributed by atoms with Gasteiger partial charge in [0.05, 0.1) is 11.1 Å². The van der Waals surface area contributed by atoms with E-state index < -0.39 is 29.5 Å². The Morgan fingerprint density at radius 3 is 2.13 bits per heavy atom. The van der Waals surface area contributed by atoms with Crippen molar-refractivity contribution >= 4 is 0 Å². The zero-order valence-electron chi connectivity index (χ0n) is 12.6. The lowest BCUT2D eigenvalue weighted by Gasteiger charge is -2.36. The summed E-state index contributed by atoms with van der Waals surface area (Å²) in [7, 11) is 0. The fraction of sp³-hybridized carbons (Fsp3) is 0.600. The molecule has 1 aliphatic heterocycles. The summed E-state index contributed by atoms with van der Waals surface area (Å²) in [6.07, 6.45) is -9.22. The van der Waals surface area contributed by atoms with E-state index in [-0.39, 0.29) is 11.6 Å². The molecule has 1 N–H and O–H groups in total. The number of rotatable bonds is 3. The van der Waals surface area contributed by atoms with Gasteiger partial charge in [-0.05, 0) is 24.1 Å². The molecule has 2 nitrogen and oxygen atoms in total. The predicted molar refractivity (Wildman–Crippen MR) is 73.9 cm³/mol. The molecule has 130 valence electrons. The molecule has 0 unspecified atom stereocenters. The predicted octanol–water partition coefficient (Wildman–Crippen LogP) is 4.08. The maximum Gasteiger partial charge on any atom is 0.416 e. The maximum atomic E-state index is 13.3. The molecule has 1 fully saturated rings. The van der Waals surface area contributed by atoms with Gasteiger partial charge in [-0.2, -0.15) is 26.3 Å². The maximum absolute atomic E-state index is 13.3. The Morgan fingerprint density at radius 1 is 1.04 bits per heavy atom. The van der Waals surface area contributed by atoms with Crippen molar-refractivity contribution in [3.63, 3.8) is 0 Å². The van der Waals surface area contributed by atoms with Crippen molar-refractivity contribution in [2.24, 2.45) is 0 Å². The average Bonchev–Trinajstić information content (AvgIpc) is 2.47. The molecule has 1 atom stereocenters. The van der Waals surface area contributed by atoms with Crippen LogP contribution in [-0.4, -0.2) is 31.1 Å². The summed E-state index contributed by atoms with van der Waals surface area (Å²) in [5.74, 6) is 0. The van der Waals surface area contributed by atoms with Gasteiger partial charge in [0.15, 0.2) is 0 Å². The van der Waals surface area contributed by atoms with Gasteiger partial charge in [0.25, 0.3) is 0 Å². The minimum absolute atomic E-state index is 0.0881. The van der Waals surface area contributed by atoms with Gasteiger partial charge < -0.3 is 5.32 Å². The minimum Gasteiger partial charge on any atom is -0.314 e. The smallest absolute Gasteiger partial charge is 0.314 e. The highest BCUT2D eigenvalue weighted by atomic mass is 19.4. The number of halogens is 6. The van der Waals surface area contributed by atoms with Crippen LogP contribution in [0.15, 0.2) is 18.2 Å². The van der Waals surface area contributed by atoms with Crippen molar-refractivity contribution in [1.29, 1.82) is 0 Å².